The van der Waals surface area contributed by atoms with E-state index in [9.17, 15) is 4.79 Å². The highest BCUT2D eigenvalue weighted by Crippen LogP contribution is 2.50. The first kappa shape index (κ1) is 13.9. The number of nitrogens with two attached hydrogens (primary N) is 1. The second kappa shape index (κ2) is 5.72. The number of nitrogens with zero attached hydrogens (tertiary/aromatic N) is 2. The molecule has 1 saturated carbocycles. The Morgan fingerprint density at radius 1 is 1.57 bits per heavy atom. The Hall–Kier alpha value is -2.09. The number of hydrogen-bond donors (Lipinski definition) is 3. The second-order valence-electron chi connectivity index (χ2n) is 4.92. The van der Waals surface area contributed by atoms with E-state index in [0.29, 0.717) is 35.4 Å². The number of rotatable bonds is 6. The minimum atomic E-state index is -0.116. The standard InChI is InChI=1S/C13H17N5O2S/c1-2-15-12(19)11-10(14)9(7-3-4-7)13(21-11)16-5-8-17-6-20-18-8/h6-7,16H,2-5,14H2,1H3,(H,15,19). The van der Waals surface area contributed by atoms with Crippen molar-refractivity contribution in [1.82, 2.24) is 15.5 Å². The van der Waals surface area contributed by atoms with Crippen molar-refractivity contribution in [1.29, 1.82) is 0 Å². The maximum atomic E-state index is 12.1. The lowest BCUT2D eigenvalue weighted by molar-refractivity contribution is 0.0960. The molecule has 4 N–H and O–H groups in total. The first-order valence-corrected chi connectivity index (χ1v) is 7.71. The number of amides is 1. The number of thiophene rings is 1. The van der Waals surface area contributed by atoms with Gasteiger partial charge in [-0.1, -0.05) is 5.16 Å². The van der Waals surface area contributed by atoms with Gasteiger partial charge in [0.2, 0.25) is 6.39 Å². The van der Waals surface area contributed by atoms with Crippen LogP contribution in [0.1, 0.15) is 46.7 Å². The van der Waals surface area contributed by atoms with Crippen LogP contribution in [0, 0.1) is 0 Å². The molecular weight excluding hydrogens is 290 g/mol. The quantitative estimate of drug-likeness (QED) is 0.753. The Morgan fingerprint density at radius 2 is 2.38 bits per heavy atom. The van der Waals surface area contributed by atoms with E-state index >= 15 is 0 Å². The molecule has 1 amide bonds. The lowest BCUT2D eigenvalue weighted by atomic mass is 10.1. The van der Waals surface area contributed by atoms with E-state index in [2.05, 4.69) is 20.8 Å². The lowest BCUT2D eigenvalue weighted by Crippen LogP contribution is -2.22. The molecule has 0 saturated heterocycles. The highest BCUT2D eigenvalue weighted by molar-refractivity contribution is 7.18. The molecule has 112 valence electrons. The largest absolute Gasteiger partial charge is 0.397 e. The molecule has 0 atom stereocenters. The normalized spacial score (nSPS) is 14.1. The summed E-state index contributed by atoms with van der Waals surface area (Å²) in [5, 5.41) is 10.8. The molecule has 2 heterocycles. The van der Waals surface area contributed by atoms with Crippen LogP contribution in [0.4, 0.5) is 10.7 Å². The molecule has 0 aliphatic heterocycles. The molecule has 0 unspecified atom stereocenters. The van der Waals surface area contributed by atoms with E-state index in [1.54, 1.807) is 0 Å². The summed E-state index contributed by atoms with van der Waals surface area (Å²) in [5.41, 5.74) is 7.85. The van der Waals surface area contributed by atoms with E-state index in [1.165, 1.54) is 17.7 Å². The summed E-state index contributed by atoms with van der Waals surface area (Å²) in [6.45, 7) is 2.92. The molecule has 2 aromatic rings. The highest BCUT2D eigenvalue weighted by atomic mass is 32.1. The van der Waals surface area contributed by atoms with Gasteiger partial charge in [0.05, 0.1) is 17.2 Å². The zero-order chi connectivity index (χ0) is 14.8. The lowest BCUT2D eigenvalue weighted by Gasteiger charge is -2.04. The third-order valence-electron chi connectivity index (χ3n) is 3.33. The summed E-state index contributed by atoms with van der Waals surface area (Å²) < 4.78 is 4.71. The summed E-state index contributed by atoms with van der Waals surface area (Å²) in [6.07, 6.45) is 3.53. The number of nitrogen functional groups attached to an aromatic ring is 1. The van der Waals surface area contributed by atoms with Crippen LogP contribution in [0.25, 0.3) is 0 Å². The number of carbonyl (C=O) groups excluding carboxylic acids is 1. The van der Waals surface area contributed by atoms with Gasteiger partial charge >= 0.3 is 0 Å². The van der Waals surface area contributed by atoms with Crippen LogP contribution < -0.4 is 16.4 Å². The third kappa shape index (κ3) is 2.85. The molecule has 21 heavy (non-hydrogen) atoms. The van der Waals surface area contributed by atoms with Gasteiger partial charge in [0, 0.05) is 12.1 Å². The zero-order valence-electron chi connectivity index (χ0n) is 11.7. The first-order chi connectivity index (χ1) is 10.2. The predicted octanol–water partition coefficient (Wildman–Crippen LogP) is 1.95. The van der Waals surface area contributed by atoms with Gasteiger partial charge in [-0.3, -0.25) is 4.79 Å². The van der Waals surface area contributed by atoms with Crippen LogP contribution in [-0.2, 0) is 6.54 Å². The van der Waals surface area contributed by atoms with Crippen molar-refractivity contribution in [2.75, 3.05) is 17.6 Å². The summed E-state index contributed by atoms with van der Waals surface area (Å²) in [7, 11) is 0. The minimum absolute atomic E-state index is 0.116. The van der Waals surface area contributed by atoms with Crippen molar-refractivity contribution in [3.8, 4) is 0 Å². The van der Waals surface area contributed by atoms with Crippen molar-refractivity contribution in [2.45, 2.75) is 32.2 Å². The average Bonchev–Trinajstić information content (AvgIpc) is 3.05. The highest BCUT2D eigenvalue weighted by Gasteiger charge is 2.32. The van der Waals surface area contributed by atoms with E-state index in [4.69, 9.17) is 10.3 Å². The van der Waals surface area contributed by atoms with Gasteiger partial charge in [0.15, 0.2) is 5.82 Å². The molecule has 1 aliphatic carbocycles. The third-order valence-corrected chi connectivity index (χ3v) is 4.50. The molecular formula is C13H17N5O2S. The summed E-state index contributed by atoms with van der Waals surface area (Å²) in [4.78, 5) is 16.6. The Balaban J connectivity index is 1.84. The Labute approximate surface area is 125 Å². The van der Waals surface area contributed by atoms with Crippen LogP contribution in [0.15, 0.2) is 10.9 Å². The molecule has 2 aromatic heterocycles. The maximum Gasteiger partial charge on any atom is 0.263 e. The van der Waals surface area contributed by atoms with Gasteiger partial charge < -0.3 is 20.9 Å². The molecule has 0 aromatic carbocycles. The Morgan fingerprint density at radius 3 is 3.00 bits per heavy atom. The molecule has 0 radical (unpaired) electrons. The Kier molecular flexibility index (Phi) is 3.78. The number of nitrogens with one attached hydrogen (secondary N) is 2. The Bertz CT molecular complexity index is 633. The fourth-order valence-electron chi connectivity index (χ4n) is 2.20. The van der Waals surface area contributed by atoms with Gasteiger partial charge in [-0.15, -0.1) is 11.3 Å². The monoisotopic (exact) mass is 307 g/mol. The van der Waals surface area contributed by atoms with Crippen LogP contribution in [-0.4, -0.2) is 22.6 Å². The molecule has 0 bridgehead atoms. The number of carbonyl (C=O) groups is 1. The van der Waals surface area contributed by atoms with Crippen molar-refractivity contribution in [3.63, 3.8) is 0 Å². The van der Waals surface area contributed by atoms with Gasteiger partial charge in [0.25, 0.3) is 5.91 Å². The summed E-state index contributed by atoms with van der Waals surface area (Å²) in [6, 6.07) is 0. The van der Waals surface area contributed by atoms with Crippen molar-refractivity contribution in [3.05, 3.63) is 22.7 Å². The summed E-state index contributed by atoms with van der Waals surface area (Å²) in [5.74, 6) is 0.912. The van der Waals surface area contributed by atoms with Crippen LogP contribution >= 0.6 is 11.3 Å². The zero-order valence-corrected chi connectivity index (χ0v) is 12.5. The van der Waals surface area contributed by atoms with Crippen molar-refractivity contribution < 1.29 is 9.32 Å². The molecule has 8 heteroatoms. The predicted molar refractivity (Wildman–Crippen MR) is 80.3 cm³/mol. The van der Waals surface area contributed by atoms with Crippen molar-refractivity contribution >= 4 is 27.9 Å². The van der Waals surface area contributed by atoms with Crippen LogP contribution in [0.3, 0.4) is 0 Å². The maximum absolute atomic E-state index is 12.1. The number of aromatic nitrogens is 2. The fourth-order valence-corrected chi connectivity index (χ4v) is 3.32. The fraction of sp³-hybridized carbons (Fsp3) is 0.462. The molecule has 3 rings (SSSR count). The molecule has 1 fully saturated rings. The summed E-state index contributed by atoms with van der Waals surface area (Å²) >= 11 is 1.39. The number of hydrogen-bond acceptors (Lipinski definition) is 7. The van der Waals surface area contributed by atoms with Gasteiger partial charge in [-0.25, -0.2) is 0 Å². The van der Waals surface area contributed by atoms with E-state index in [1.807, 2.05) is 6.92 Å². The topological polar surface area (TPSA) is 106 Å². The van der Waals surface area contributed by atoms with Crippen LogP contribution in [0.2, 0.25) is 0 Å². The minimum Gasteiger partial charge on any atom is -0.397 e. The SMILES string of the molecule is CCNC(=O)c1sc(NCc2ncon2)c(C2CC2)c1N. The average molecular weight is 307 g/mol. The van der Waals surface area contributed by atoms with E-state index < -0.39 is 0 Å². The van der Waals surface area contributed by atoms with E-state index in [0.717, 1.165) is 23.4 Å². The first-order valence-electron chi connectivity index (χ1n) is 6.90. The van der Waals surface area contributed by atoms with E-state index in [-0.39, 0.29) is 5.91 Å². The van der Waals surface area contributed by atoms with Gasteiger partial charge in [0.1, 0.15) is 4.88 Å². The van der Waals surface area contributed by atoms with Gasteiger partial charge in [-0.2, -0.15) is 4.98 Å². The second-order valence-corrected chi connectivity index (χ2v) is 5.94. The smallest absolute Gasteiger partial charge is 0.263 e. The van der Waals surface area contributed by atoms with Crippen LogP contribution in [0.5, 0.6) is 0 Å². The van der Waals surface area contributed by atoms with Gasteiger partial charge in [-0.05, 0) is 25.7 Å². The molecule has 1 aliphatic rings. The van der Waals surface area contributed by atoms with Crippen molar-refractivity contribution in [2.24, 2.45) is 0 Å². The molecule has 7 nitrogen and oxygen atoms in total. The molecule has 0 spiro atoms. The number of anilines is 2.